The number of rotatable bonds is 5. The first-order valence-corrected chi connectivity index (χ1v) is 9.28. The standard InChI is InChI=1S/C23H17ClN2O4/c1-13-3-5-17(9-14(13)2)26-22(27)16(12-25)10-18-6-8-21(30-18)15-4-7-20(24)19(11-15)23(28)29/h3-11H,1-2H3,(H,26,27)(H,28,29)/p-1/b16-10+. The molecule has 0 aliphatic rings. The van der Waals surface area contributed by atoms with E-state index in [1.165, 1.54) is 18.2 Å². The lowest BCUT2D eigenvalue weighted by Crippen LogP contribution is -2.22. The number of hydrogen-bond donors (Lipinski definition) is 1. The molecule has 0 saturated carbocycles. The normalized spacial score (nSPS) is 11.1. The Kier molecular flexibility index (Phi) is 6.05. The van der Waals surface area contributed by atoms with Gasteiger partial charge in [-0.3, -0.25) is 4.79 Å². The summed E-state index contributed by atoms with van der Waals surface area (Å²) in [4.78, 5) is 23.6. The van der Waals surface area contributed by atoms with Gasteiger partial charge in [0.2, 0.25) is 0 Å². The van der Waals surface area contributed by atoms with Crippen molar-refractivity contribution < 1.29 is 19.1 Å². The van der Waals surface area contributed by atoms with Crippen LogP contribution in [0.1, 0.15) is 27.2 Å². The van der Waals surface area contributed by atoms with Gasteiger partial charge in [0.1, 0.15) is 23.2 Å². The second-order valence-electron chi connectivity index (χ2n) is 6.61. The number of anilines is 1. The van der Waals surface area contributed by atoms with Gasteiger partial charge in [-0.05, 0) is 67.4 Å². The number of halogens is 1. The summed E-state index contributed by atoms with van der Waals surface area (Å²) < 4.78 is 5.65. The molecular formula is C23H16ClN2O4-. The second-order valence-corrected chi connectivity index (χ2v) is 7.01. The van der Waals surface area contributed by atoms with E-state index in [1.54, 1.807) is 24.3 Å². The Balaban J connectivity index is 1.84. The number of nitrogens with one attached hydrogen (secondary N) is 1. The Hall–Kier alpha value is -3.82. The number of furan rings is 1. The monoisotopic (exact) mass is 419 g/mol. The number of aryl methyl sites for hydroxylation is 2. The number of carbonyl (C=O) groups excluding carboxylic acids is 2. The van der Waals surface area contributed by atoms with Crippen LogP contribution in [0, 0.1) is 25.2 Å². The summed E-state index contributed by atoms with van der Waals surface area (Å²) in [5, 5.41) is 23.3. The van der Waals surface area contributed by atoms with Crippen LogP contribution in [0.15, 0.2) is 58.5 Å². The second kappa shape index (κ2) is 8.68. The van der Waals surface area contributed by atoms with Gasteiger partial charge in [0.15, 0.2) is 0 Å². The molecule has 3 rings (SSSR count). The van der Waals surface area contributed by atoms with Gasteiger partial charge in [-0.2, -0.15) is 5.26 Å². The van der Waals surface area contributed by atoms with Crippen molar-refractivity contribution in [3.8, 4) is 17.4 Å². The summed E-state index contributed by atoms with van der Waals surface area (Å²) in [6.45, 7) is 3.89. The van der Waals surface area contributed by atoms with E-state index < -0.39 is 11.9 Å². The molecule has 0 saturated heterocycles. The molecule has 1 aromatic heterocycles. The van der Waals surface area contributed by atoms with E-state index in [4.69, 9.17) is 16.0 Å². The summed E-state index contributed by atoms with van der Waals surface area (Å²) in [7, 11) is 0. The topological polar surface area (TPSA) is 106 Å². The molecular weight excluding hydrogens is 404 g/mol. The van der Waals surface area contributed by atoms with Crippen molar-refractivity contribution in [1.82, 2.24) is 0 Å². The zero-order valence-corrected chi connectivity index (χ0v) is 16.9. The number of carbonyl (C=O) groups is 2. The van der Waals surface area contributed by atoms with E-state index in [2.05, 4.69) is 5.32 Å². The first-order valence-electron chi connectivity index (χ1n) is 8.90. The minimum atomic E-state index is -1.40. The van der Waals surface area contributed by atoms with Gasteiger partial charge >= 0.3 is 0 Å². The van der Waals surface area contributed by atoms with E-state index in [-0.39, 0.29) is 21.9 Å². The predicted molar refractivity (Wildman–Crippen MR) is 112 cm³/mol. The highest BCUT2D eigenvalue weighted by Gasteiger charge is 2.13. The van der Waals surface area contributed by atoms with Gasteiger partial charge in [-0.15, -0.1) is 0 Å². The highest BCUT2D eigenvalue weighted by atomic mass is 35.5. The SMILES string of the molecule is Cc1ccc(NC(=O)/C(C#N)=C/c2ccc(-c3ccc(Cl)c(C(=O)[O-])c3)o2)cc1C. The Morgan fingerprint density at radius 2 is 1.87 bits per heavy atom. The first kappa shape index (κ1) is 20.9. The summed E-state index contributed by atoms with van der Waals surface area (Å²) in [5.74, 6) is -1.35. The molecule has 0 spiro atoms. The van der Waals surface area contributed by atoms with Crippen molar-refractivity contribution in [3.05, 3.63) is 81.6 Å². The first-order chi connectivity index (χ1) is 14.3. The quantitative estimate of drug-likeness (QED) is 0.494. The molecule has 1 N–H and O–H groups in total. The third kappa shape index (κ3) is 4.59. The van der Waals surface area contributed by atoms with Crippen LogP contribution < -0.4 is 10.4 Å². The van der Waals surface area contributed by atoms with Crippen LogP contribution >= 0.6 is 11.6 Å². The van der Waals surface area contributed by atoms with Crippen molar-refractivity contribution in [2.24, 2.45) is 0 Å². The Morgan fingerprint density at radius 3 is 2.53 bits per heavy atom. The van der Waals surface area contributed by atoms with Crippen LogP contribution in [0.5, 0.6) is 0 Å². The fourth-order valence-corrected chi connectivity index (χ4v) is 2.92. The van der Waals surface area contributed by atoms with Crippen molar-refractivity contribution >= 4 is 35.2 Å². The highest BCUT2D eigenvalue weighted by Crippen LogP contribution is 2.27. The van der Waals surface area contributed by atoms with E-state index in [1.807, 2.05) is 32.0 Å². The molecule has 150 valence electrons. The largest absolute Gasteiger partial charge is 0.545 e. The van der Waals surface area contributed by atoms with E-state index in [0.717, 1.165) is 11.1 Å². The fourth-order valence-electron chi connectivity index (χ4n) is 2.73. The van der Waals surface area contributed by atoms with E-state index in [9.17, 15) is 20.0 Å². The lowest BCUT2D eigenvalue weighted by Gasteiger charge is -2.07. The van der Waals surface area contributed by atoms with Gasteiger partial charge in [-0.25, -0.2) is 0 Å². The minimum absolute atomic E-state index is 0.0557. The third-order valence-corrected chi connectivity index (χ3v) is 4.84. The number of hydrogen-bond acceptors (Lipinski definition) is 5. The molecule has 0 aliphatic heterocycles. The Labute approximate surface area is 178 Å². The minimum Gasteiger partial charge on any atom is -0.545 e. The maximum atomic E-state index is 12.4. The Morgan fingerprint density at radius 1 is 1.10 bits per heavy atom. The zero-order valence-electron chi connectivity index (χ0n) is 16.2. The van der Waals surface area contributed by atoms with Gasteiger partial charge in [0, 0.05) is 27.9 Å². The highest BCUT2D eigenvalue weighted by molar-refractivity contribution is 6.33. The molecule has 3 aromatic rings. The van der Waals surface area contributed by atoms with Crippen molar-refractivity contribution in [3.63, 3.8) is 0 Å². The number of nitriles is 1. The van der Waals surface area contributed by atoms with Gasteiger partial charge in [0.05, 0.1) is 5.97 Å². The molecule has 0 atom stereocenters. The van der Waals surface area contributed by atoms with Crippen LogP contribution in [0.25, 0.3) is 17.4 Å². The zero-order chi connectivity index (χ0) is 21.8. The third-order valence-electron chi connectivity index (χ3n) is 4.51. The van der Waals surface area contributed by atoms with E-state index in [0.29, 0.717) is 17.0 Å². The summed E-state index contributed by atoms with van der Waals surface area (Å²) in [6.07, 6.45) is 1.31. The number of aromatic carboxylic acids is 1. The predicted octanol–water partition coefficient (Wildman–Crippen LogP) is 4.13. The maximum Gasteiger partial charge on any atom is 0.266 e. The van der Waals surface area contributed by atoms with Gasteiger partial charge < -0.3 is 19.6 Å². The molecule has 0 fully saturated rings. The van der Waals surface area contributed by atoms with Crippen LogP contribution in [-0.2, 0) is 4.79 Å². The van der Waals surface area contributed by atoms with Gasteiger partial charge in [0.25, 0.3) is 5.91 Å². The molecule has 1 heterocycles. The lowest BCUT2D eigenvalue weighted by atomic mass is 10.1. The number of carboxylic acid groups (broad SMARTS) is 1. The lowest BCUT2D eigenvalue weighted by molar-refractivity contribution is -0.255. The fraction of sp³-hybridized carbons (Fsp3) is 0.0870. The molecule has 7 heteroatoms. The molecule has 1 amide bonds. The molecule has 2 aromatic carbocycles. The summed E-state index contributed by atoms with van der Waals surface area (Å²) in [5.41, 5.74) is 2.87. The molecule has 0 radical (unpaired) electrons. The van der Waals surface area contributed by atoms with E-state index >= 15 is 0 Å². The van der Waals surface area contributed by atoms with Gasteiger partial charge in [-0.1, -0.05) is 17.7 Å². The van der Waals surface area contributed by atoms with Crippen LogP contribution in [0.2, 0.25) is 5.02 Å². The summed E-state index contributed by atoms with van der Waals surface area (Å²) >= 11 is 5.85. The average molecular weight is 420 g/mol. The number of benzene rings is 2. The van der Waals surface area contributed by atoms with Crippen molar-refractivity contribution in [1.29, 1.82) is 5.26 Å². The van der Waals surface area contributed by atoms with Crippen LogP contribution in [0.4, 0.5) is 5.69 Å². The average Bonchev–Trinajstić information content (AvgIpc) is 3.17. The Bertz CT molecular complexity index is 1220. The number of amides is 1. The van der Waals surface area contributed by atoms with Crippen molar-refractivity contribution in [2.75, 3.05) is 5.32 Å². The smallest absolute Gasteiger partial charge is 0.266 e. The van der Waals surface area contributed by atoms with Crippen LogP contribution in [-0.4, -0.2) is 11.9 Å². The van der Waals surface area contributed by atoms with Crippen LogP contribution in [0.3, 0.4) is 0 Å². The molecule has 6 nitrogen and oxygen atoms in total. The molecule has 0 bridgehead atoms. The van der Waals surface area contributed by atoms with Crippen molar-refractivity contribution in [2.45, 2.75) is 13.8 Å². The number of carboxylic acids is 1. The summed E-state index contributed by atoms with van der Waals surface area (Å²) in [6, 6.07) is 14.9. The maximum absolute atomic E-state index is 12.4. The molecule has 0 aliphatic carbocycles. The number of nitrogens with zero attached hydrogens (tertiary/aromatic N) is 1. The molecule has 0 unspecified atom stereocenters. The molecule has 30 heavy (non-hydrogen) atoms.